The van der Waals surface area contributed by atoms with Crippen LogP contribution < -0.4 is 16.5 Å². The number of rotatable bonds is 19. The molecule has 0 saturated carbocycles. The fourth-order valence-corrected chi connectivity index (χ4v) is 8.11. The van der Waals surface area contributed by atoms with E-state index in [1.807, 2.05) is 4.90 Å². The Hall–Kier alpha value is -5.74. The van der Waals surface area contributed by atoms with Crippen LogP contribution in [0.3, 0.4) is 0 Å². The smallest absolute Gasteiger partial charge is 0.352 e. The average molecular weight is 817 g/mol. The van der Waals surface area contributed by atoms with Crippen molar-refractivity contribution in [3.05, 3.63) is 50.4 Å². The van der Waals surface area contributed by atoms with Crippen molar-refractivity contribution in [1.29, 1.82) is 0 Å². The Labute approximate surface area is 326 Å². The molecule has 3 atom stereocenters. The summed E-state index contributed by atoms with van der Waals surface area (Å²) in [6, 6.07) is 1.21. The van der Waals surface area contributed by atoms with Gasteiger partial charge in [0.05, 0.1) is 17.3 Å². The molecular formula is C34H40N8O12S2. The summed E-state index contributed by atoms with van der Waals surface area (Å²) in [5, 5.41) is 60.2. The van der Waals surface area contributed by atoms with E-state index in [9.17, 15) is 49.2 Å². The van der Waals surface area contributed by atoms with Crippen LogP contribution in [0.1, 0.15) is 57.3 Å². The van der Waals surface area contributed by atoms with Gasteiger partial charge in [-0.2, -0.15) is 5.10 Å². The number of β-lactam (4-membered cyclic amide) rings is 1. The van der Waals surface area contributed by atoms with Gasteiger partial charge in [0.1, 0.15) is 28.5 Å². The normalized spacial score (nSPS) is 17.4. The number of unbranched alkanes of at least 4 members (excludes halogenated alkanes) is 3. The van der Waals surface area contributed by atoms with Crippen molar-refractivity contribution in [3.8, 4) is 11.5 Å². The number of nitrogens with two attached hydrogens (primary N) is 1. The van der Waals surface area contributed by atoms with Crippen LogP contribution in [0.2, 0.25) is 0 Å². The van der Waals surface area contributed by atoms with Crippen molar-refractivity contribution in [1.82, 2.24) is 29.9 Å². The minimum atomic E-state index is -1.96. The summed E-state index contributed by atoms with van der Waals surface area (Å²) in [7, 11) is 0. The molecule has 56 heavy (non-hydrogen) atoms. The number of oxime groups is 1. The van der Waals surface area contributed by atoms with E-state index in [4.69, 9.17) is 15.7 Å². The van der Waals surface area contributed by atoms with E-state index < -0.39 is 76.3 Å². The highest BCUT2D eigenvalue weighted by atomic mass is 32.2. The lowest BCUT2D eigenvalue weighted by Crippen LogP contribution is -2.71. The van der Waals surface area contributed by atoms with Gasteiger partial charge in [-0.05, 0) is 31.5 Å². The predicted molar refractivity (Wildman–Crippen MR) is 202 cm³/mol. The van der Waals surface area contributed by atoms with E-state index in [-0.39, 0.29) is 46.4 Å². The Morgan fingerprint density at radius 1 is 1.09 bits per heavy atom. The number of aryl methyl sites for hydroxylation is 1. The van der Waals surface area contributed by atoms with Gasteiger partial charge in [-0.25, -0.2) is 14.6 Å². The van der Waals surface area contributed by atoms with Gasteiger partial charge in [0, 0.05) is 36.8 Å². The third kappa shape index (κ3) is 9.03. The maximum absolute atomic E-state index is 13.6. The number of hydrogen-bond acceptors (Lipinski definition) is 16. The maximum Gasteiger partial charge on any atom is 0.352 e. The number of thioether (sulfide) groups is 1. The molecule has 0 unspecified atom stereocenters. The van der Waals surface area contributed by atoms with Crippen molar-refractivity contribution in [3.63, 3.8) is 0 Å². The van der Waals surface area contributed by atoms with Crippen molar-refractivity contribution in [2.24, 2.45) is 5.16 Å². The zero-order valence-corrected chi connectivity index (χ0v) is 31.8. The van der Waals surface area contributed by atoms with Crippen molar-refractivity contribution in [2.45, 2.75) is 76.6 Å². The fraction of sp³-hybridized carbons (Fsp3) is 0.441. The predicted octanol–water partition coefficient (Wildman–Crippen LogP) is 1.34. The Morgan fingerprint density at radius 3 is 2.45 bits per heavy atom. The molecule has 8 N–H and O–H groups in total. The monoisotopic (exact) mass is 816 g/mol. The molecule has 2 aliphatic rings. The number of fused-ring (bicyclic) bond motifs is 2. The lowest BCUT2D eigenvalue weighted by molar-refractivity contribution is -0.156. The number of aromatic hydroxyl groups is 2. The highest BCUT2D eigenvalue weighted by Crippen LogP contribution is 2.41. The van der Waals surface area contributed by atoms with Gasteiger partial charge in [-0.1, -0.05) is 31.3 Å². The number of carbonyl (C=O) groups excluding carboxylic acids is 2. The van der Waals surface area contributed by atoms with E-state index >= 15 is 0 Å². The van der Waals surface area contributed by atoms with Gasteiger partial charge in [0.15, 0.2) is 22.3 Å². The van der Waals surface area contributed by atoms with E-state index in [0.29, 0.717) is 24.2 Å². The molecule has 300 valence electrons. The van der Waals surface area contributed by atoms with Crippen LogP contribution in [0.4, 0.5) is 5.13 Å². The number of phenolic OH excluding ortho intramolecular Hbond substituents is 2. The number of carboxylic acid groups (broad SMARTS) is 3. The summed E-state index contributed by atoms with van der Waals surface area (Å²) in [5.41, 5.74) is 5.10. The number of phenols is 2. The van der Waals surface area contributed by atoms with Gasteiger partial charge in [-0.3, -0.25) is 33.7 Å². The second-order valence-electron chi connectivity index (χ2n) is 12.9. The molecule has 20 nitrogen and oxygen atoms in total. The molecule has 1 saturated heterocycles. The molecular weight excluding hydrogens is 777 g/mol. The first-order chi connectivity index (χ1) is 26.6. The molecule has 5 rings (SSSR count). The van der Waals surface area contributed by atoms with Gasteiger partial charge in [-0.15, -0.1) is 23.1 Å². The number of hydrogen-bond donors (Lipinski definition) is 7. The number of aromatic nitrogens is 3. The summed E-state index contributed by atoms with van der Waals surface area (Å²) in [6.45, 7) is 4.74. The number of aliphatic carboxylic acids is 3. The van der Waals surface area contributed by atoms with E-state index in [1.54, 1.807) is 6.92 Å². The molecule has 2 aromatic heterocycles. The van der Waals surface area contributed by atoms with Crippen LogP contribution in [-0.2, 0) is 41.9 Å². The molecule has 0 spiro atoms. The first-order valence-corrected chi connectivity index (χ1v) is 19.4. The summed E-state index contributed by atoms with van der Waals surface area (Å²) >= 11 is 2.12. The summed E-state index contributed by atoms with van der Waals surface area (Å²) < 4.78 is 1.53. The lowest BCUT2D eigenvalue weighted by Gasteiger charge is -2.49. The Morgan fingerprint density at radius 2 is 1.82 bits per heavy atom. The molecule has 4 heterocycles. The maximum atomic E-state index is 13.6. The topological polar surface area (TPSA) is 300 Å². The number of thiazole rings is 1. The molecule has 0 bridgehead atoms. The minimum absolute atomic E-state index is 0.0141. The number of nitrogen functional groups attached to an aromatic ring is 1. The zero-order chi connectivity index (χ0) is 40.8. The SMILES string of the molecule is CCCCCCN(CC1=C(C(=O)O)N2C(=O)[C@@H](NC(=O)/C(=N\O[C@@H](CC(=O)O)C(=O)O)c3csc(N)n3)[C@H]2SC1)Cc1nn(CC)c2cc(O)c(O)cc2c1=O. The molecule has 3 aromatic rings. The van der Waals surface area contributed by atoms with Crippen molar-refractivity contribution in [2.75, 3.05) is 24.6 Å². The van der Waals surface area contributed by atoms with Gasteiger partial charge >= 0.3 is 17.9 Å². The number of carboxylic acids is 3. The van der Waals surface area contributed by atoms with Crippen LogP contribution in [0.25, 0.3) is 10.9 Å². The van der Waals surface area contributed by atoms with Gasteiger partial charge < -0.3 is 41.4 Å². The molecule has 1 aromatic carbocycles. The summed E-state index contributed by atoms with van der Waals surface area (Å²) in [4.78, 5) is 87.9. The third-order valence-electron chi connectivity index (χ3n) is 8.96. The molecule has 22 heteroatoms. The van der Waals surface area contributed by atoms with Crippen LogP contribution in [0.5, 0.6) is 11.5 Å². The number of benzene rings is 1. The largest absolute Gasteiger partial charge is 0.504 e. The number of amides is 2. The number of anilines is 1. The molecule has 1 fully saturated rings. The lowest BCUT2D eigenvalue weighted by atomic mass is 10.0. The van der Waals surface area contributed by atoms with Crippen LogP contribution in [0, 0.1) is 0 Å². The van der Waals surface area contributed by atoms with Crippen LogP contribution in [-0.4, -0.2) is 122 Å². The molecule has 0 radical (unpaired) electrons. The first kappa shape index (κ1) is 41.4. The molecule has 2 aliphatic heterocycles. The first-order valence-electron chi connectivity index (χ1n) is 17.4. The second kappa shape index (κ2) is 17.8. The fourth-order valence-electron chi connectivity index (χ4n) is 6.22. The van der Waals surface area contributed by atoms with Crippen molar-refractivity contribution < 1.29 is 54.3 Å². The number of nitrogens with zero attached hydrogens (tertiary/aromatic N) is 6. The van der Waals surface area contributed by atoms with E-state index in [0.717, 1.165) is 41.9 Å². The Kier molecular flexibility index (Phi) is 13.2. The standard InChI is InChI=1S/C34H40N8O12S2/c1-3-5-6-7-8-40(13-18-28(47)17-9-21(43)22(44)10-20(17)41(4-2)38-18)12-16-14-55-31-26(30(49)42(31)27(16)33(52)53)37-29(48)25(19-15-56-34(35)36-19)39-54-23(32(50)51)11-24(45)46/h9-10,15,23,26,31,43-44H,3-8,11-14H2,1-2H3,(H2,35,36)(H,37,48)(H,45,46)(H,50,51)(H,52,53)/b39-25-/t23-,26+,31+/m0/s1. The quantitative estimate of drug-likeness (QED) is 0.0295. The van der Waals surface area contributed by atoms with Crippen molar-refractivity contribution >= 4 is 74.6 Å². The van der Waals surface area contributed by atoms with Gasteiger partial charge in [0.25, 0.3) is 11.8 Å². The highest BCUT2D eigenvalue weighted by Gasteiger charge is 2.54. The molecule has 2 amide bonds. The minimum Gasteiger partial charge on any atom is -0.504 e. The van der Waals surface area contributed by atoms with Crippen LogP contribution >= 0.6 is 23.1 Å². The average Bonchev–Trinajstić information content (AvgIpc) is 3.58. The second-order valence-corrected chi connectivity index (χ2v) is 14.9. The molecule has 0 aliphatic carbocycles. The van der Waals surface area contributed by atoms with E-state index in [1.165, 1.54) is 34.0 Å². The third-order valence-corrected chi connectivity index (χ3v) is 11.0. The Bertz CT molecular complexity index is 2170. The Balaban J connectivity index is 1.40. The summed E-state index contributed by atoms with van der Waals surface area (Å²) in [6.07, 6.45) is 0.592. The number of carbonyl (C=O) groups is 5. The number of nitrogens with one attached hydrogen (secondary N) is 1. The zero-order valence-electron chi connectivity index (χ0n) is 30.2. The summed E-state index contributed by atoms with van der Waals surface area (Å²) in [5.74, 6) is -7.06. The highest BCUT2D eigenvalue weighted by molar-refractivity contribution is 8.00. The van der Waals surface area contributed by atoms with Gasteiger partial charge in [0.2, 0.25) is 11.5 Å². The van der Waals surface area contributed by atoms with Crippen LogP contribution in [0.15, 0.2) is 38.7 Å². The van der Waals surface area contributed by atoms with E-state index in [2.05, 4.69) is 27.5 Å².